The fraction of sp³-hybridized carbons (Fsp3) is 0.167. The molecule has 7 heteroatoms. The van der Waals surface area contributed by atoms with Crippen molar-refractivity contribution in [1.82, 2.24) is 4.98 Å². The van der Waals surface area contributed by atoms with Gasteiger partial charge < -0.3 is 16.2 Å². The van der Waals surface area contributed by atoms with Gasteiger partial charge >= 0.3 is 5.97 Å². The number of benzene rings is 1. The SMILES string of the molecule is Cc1c(F)cccc1Nc1nc(C(N)C(=O)O)cs1. The van der Waals surface area contributed by atoms with E-state index in [1.165, 1.54) is 17.4 Å². The van der Waals surface area contributed by atoms with Crippen LogP contribution in [0.1, 0.15) is 17.3 Å². The number of carboxylic acid groups (broad SMARTS) is 1. The van der Waals surface area contributed by atoms with Crippen LogP contribution in [0.4, 0.5) is 15.2 Å². The van der Waals surface area contributed by atoms with E-state index in [2.05, 4.69) is 10.3 Å². The molecule has 1 aromatic carbocycles. The lowest BCUT2D eigenvalue weighted by molar-refractivity contribution is -0.138. The van der Waals surface area contributed by atoms with Crippen LogP contribution in [0, 0.1) is 12.7 Å². The summed E-state index contributed by atoms with van der Waals surface area (Å²) in [7, 11) is 0. The van der Waals surface area contributed by atoms with E-state index >= 15 is 0 Å². The van der Waals surface area contributed by atoms with Gasteiger partial charge in [-0.15, -0.1) is 11.3 Å². The van der Waals surface area contributed by atoms with Crippen molar-refractivity contribution in [2.24, 2.45) is 5.73 Å². The summed E-state index contributed by atoms with van der Waals surface area (Å²) in [6, 6.07) is 3.52. The molecule has 0 aliphatic carbocycles. The molecule has 0 amide bonds. The number of aliphatic carboxylic acids is 1. The number of nitrogens with one attached hydrogen (secondary N) is 1. The minimum absolute atomic E-state index is 0.272. The summed E-state index contributed by atoms with van der Waals surface area (Å²) in [6.07, 6.45) is 0. The number of thiazole rings is 1. The van der Waals surface area contributed by atoms with Crippen molar-refractivity contribution in [3.05, 3.63) is 40.7 Å². The zero-order valence-electron chi connectivity index (χ0n) is 10.1. The quantitative estimate of drug-likeness (QED) is 0.801. The molecule has 0 bridgehead atoms. The molecule has 0 spiro atoms. The summed E-state index contributed by atoms with van der Waals surface area (Å²) in [4.78, 5) is 14.8. The van der Waals surface area contributed by atoms with Crippen molar-refractivity contribution in [1.29, 1.82) is 0 Å². The zero-order valence-corrected chi connectivity index (χ0v) is 10.9. The molecule has 0 radical (unpaired) electrons. The van der Waals surface area contributed by atoms with Crippen LogP contribution in [0.25, 0.3) is 0 Å². The second-order valence-electron chi connectivity index (χ2n) is 3.93. The summed E-state index contributed by atoms with van der Waals surface area (Å²) in [5.41, 5.74) is 6.79. The monoisotopic (exact) mass is 281 g/mol. The number of hydrogen-bond donors (Lipinski definition) is 3. The molecule has 2 rings (SSSR count). The second kappa shape index (κ2) is 5.33. The van der Waals surface area contributed by atoms with Crippen molar-refractivity contribution in [3.8, 4) is 0 Å². The highest BCUT2D eigenvalue weighted by Crippen LogP contribution is 2.26. The van der Waals surface area contributed by atoms with Crippen LogP contribution in [0.15, 0.2) is 23.6 Å². The summed E-state index contributed by atoms with van der Waals surface area (Å²) >= 11 is 1.22. The van der Waals surface area contributed by atoms with E-state index in [1.54, 1.807) is 24.4 Å². The fourth-order valence-corrected chi connectivity index (χ4v) is 2.23. The fourth-order valence-electron chi connectivity index (χ4n) is 1.47. The minimum Gasteiger partial charge on any atom is -0.480 e. The van der Waals surface area contributed by atoms with Crippen LogP contribution in [0.5, 0.6) is 0 Å². The number of anilines is 2. The van der Waals surface area contributed by atoms with Gasteiger partial charge in [-0.25, -0.2) is 9.37 Å². The van der Waals surface area contributed by atoms with Crippen LogP contribution in [0.3, 0.4) is 0 Å². The number of halogens is 1. The molecule has 4 N–H and O–H groups in total. The lowest BCUT2D eigenvalue weighted by atomic mass is 10.2. The standard InChI is InChI=1S/C12H12FN3O2S/c1-6-7(13)3-2-4-8(6)15-12-16-9(5-19-12)10(14)11(17)18/h2-5,10H,14H2,1H3,(H,15,16)(H,17,18). The van der Waals surface area contributed by atoms with Gasteiger partial charge in [0, 0.05) is 16.6 Å². The molecule has 19 heavy (non-hydrogen) atoms. The Morgan fingerprint density at radius 1 is 1.58 bits per heavy atom. The number of aromatic nitrogens is 1. The molecular weight excluding hydrogens is 269 g/mol. The van der Waals surface area contributed by atoms with Gasteiger partial charge in [-0.05, 0) is 19.1 Å². The summed E-state index contributed by atoms with van der Waals surface area (Å²) in [6.45, 7) is 1.65. The van der Waals surface area contributed by atoms with Gasteiger partial charge in [-0.1, -0.05) is 6.07 Å². The Balaban J connectivity index is 2.20. The summed E-state index contributed by atoms with van der Waals surface area (Å²) < 4.78 is 13.4. The Morgan fingerprint density at radius 3 is 3.00 bits per heavy atom. The zero-order chi connectivity index (χ0) is 14.0. The number of carboxylic acids is 1. The van der Waals surface area contributed by atoms with Gasteiger partial charge in [0.2, 0.25) is 0 Å². The Labute approximate surface area is 112 Å². The highest BCUT2D eigenvalue weighted by molar-refractivity contribution is 7.13. The van der Waals surface area contributed by atoms with E-state index in [0.717, 1.165) is 0 Å². The summed E-state index contributed by atoms with van der Waals surface area (Å²) in [5.74, 6) is -1.46. The summed E-state index contributed by atoms with van der Waals surface area (Å²) in [5, 5.41) is 13.8. The Bertz CT molecular complexity index is 615. The Hall–Kier alpha value is -1.99. The van der Waals surface area contributed by atoms with E-state index in [1.807, 2.05) is 0 Å². The van der Waals surface area contributed by atoms with E-state index < -0.39 is 12.0 Å². The lowest BCUT2D eigenvalue weighted by Crippen LogP contribution is -2.20. The molecule has 5 nitrogen and oxygen atoms in total. The smallest absolute Gasteiger partial charge is 0.326 e. The highest BCUT2D eigenvalue weighted by Gasteiger charge is 2.17. The predicted octanol–water partition coefficient (Wildman–Crippen LogP) is 2.42. The first-order valence-electron chi connectivity index (χ1n) is 5.45. The van der Waals surface area contributed by atoms with Crippen molar-refractivity contribution in [2.75, 3.05) is 5.32 Å². The van der Waals surface area contributed by atoms with Gasteiger partial charge in [-0.3, -0.25) is 4.79 Å². The van der Waals surface area contributed by atoms with Gasteiger partial charge in [0.1, 0.15) is 11.9 Å². The molecule has 0 saturated carbocycles. The largest absolute Gasteiger partial charge is 0.480 e. The van der Waals surface area contributed by atoms with Crippen LogP contribution in [-0.4, -0.2) is 16.1 Å². The van der Waals surface area contributed by atoms with E-state index in [9.17, 15) is 9.18 Å². The van der Waals surface area contributed by atoms with E-state index in [-0.39, 0.29) is 11.5 Å². The molecule has 0 fully saturated rings. The molecule has 0 aliphatic rings. The third-order valence-corrected chi connectivity index (χ3v) is 3.39. The Kier molecular flexibility index (Phi) is 3.77. The van der Waals surface area contributed by atoms with Crippen molar-refractivity contribution >= 4 is 28.1 Å². The first-order valence-corrected chi connectivity index (χ1v) is 6.33. The average Bonchev–Trinajstić information content (AvgIpc) is 2.82. The maximum atomic E-state index is 13.4. The minimum atomic E-state index is -1.15. The predicted molar refractivity (Wildman–Crippen MR) is 71.1 cm³/mol. The van der Waals surface area contributed by atoms with Gasteiger partial charge in [-0.2, -0.15) is 0 Å². The van der Waals surface area contributed by atoms with Crippen molar-refractivity contribution < 1.29 is 14.3 Å². The van der Waals surface area contributed by atoms with Crippen molar-refractivity contribution in [3.63, 3.8) is 0 Å². The second-order valence-corrected chi connectivity index (χ2v) is 4.79. The number of nitrogens with zero attached hydrogens (tertiary/aromatic N) is 1. The maximum absolute atomic E-state index is 13.4. The molecule has 2 aromatic rings. The average molecular weight is 281 g/mol. The van der Waals surface area contributed by atoms with Crippen molar-refractivity contribution in [2.45, 2.75) is 13.0 Å². The highest BCUT2D eigenvalue weighted by atomic mass is 32.1. The molecule has 0 aliphatic heterocycles. The molecule has 1 unspecified atom stereocenters. The molecule has 1 heterocycles. The van der Waals surface area contributed by atoms with Crippen LogP contribution >= 0.6 is 11.3 Å². The third kappa shape index (κ3) is 2.88. The third-order valence-electron chi connectivity index (χ3n) is 2.62. The molecular formula is C12H12FN3O2S. The number of carbonyl (C=O) groups is 1. The van der Waals surface area contributed by atoms with Gasteiger partial charge in [0.25, 0.3) is 0 Å². The van der Waals surface area contributed by atoms with Crippen LogP contribution in [0.2, 0.25) is 0 Å². The molecule has 1 aromatic heterocycles. The van der Waals surface area contributed by atoms with E-state index in [0.29, 0.717) is 16.4 Å². The topological polar surface area (TPSA) is 88.2 Å². The molecule has 100 valence electrons. The van der Waals surface area contributed by atoms with E-state index in [4.69, 9.17) is 10.8 Å². The maximum Gasteiger partial charge on any atom is 0.326 e. The Morgan fingerprint density at radius 2 is 2.32 bits per heavy atom. The van der Waals surface area contributed by atoms with Gasteiger partial charge in [0.15, 0.2) is 5.13 Å². The van der Waals surface area contributed by atoms with Crippen LogP contribution < -0.4 is 11.1 Å². The first kappa shape index (κ1) is 13.4. The van der Waals surface area contributed by atoms with Gasteiger partial charge in [0.05, 0.1) is 5.69 Å². The van der Waals surface area contributed by atoms with Crippen LogP contribution in [-0.2, 0) is 4.79 Å². The normalized spacial score (nSPS) is 12.2. The molecule has 0 saturated heterocycles. The number of nitrogens with two attached hydrogens (primary N) is 1. The molecule has 1 atom stereocenters. The lowest BCUT2D eigenvalue weighted by Gasteiger charge is -2.07. The number of rotatable bonds is 4. The first-order chi connectivity index (χ1) is 8.99. The number of hydrogen-bond acceptors (Lipinski definition) is 5.